The summed E-state index contributed by atoms with van der Waals surface area (Å²) < 4.78 is 5.12. The Hall–Kier alpha value is -1.06. The average molecular weight is 283 g/mol. The van der Waals surface area contributed by atoms with Crippen LogP contribution in [0.5, 0.6) is 0 Å². The number of carbonyl (C=O) groups excluding carboxylic acids is 2. The van der Waals surface area contributed by atoms with E-state index < -0.39 is 11.3 Å². The molecule has 0 radical (unpaired) electrons. The van der Waals surface area contributed by atoms with E-state index in [0.29, 0.717) is 6.61 Å². The molecule has 0 aliphatic carbocycles. The van der Waals surface area contributed by atoms with Crippen LogP contribution in [0.15, 0.2) is 0 Å². The number of rotatable bonds is 4. The van der Waals surface area contributed by atoms with Gasteiger partial charge in [-0.2, -0.15) is 0 Å². The Morgan fingerprint density at radius 3 is 2.40 bits per heavy atom. The van der Waals surface area contributed by atoms with Gasteiger partial charge < -0.3 is 9.64 Å². The van der Waals surface area contributed by atoms with E-state index in [1.807, 2.05) is 25.7 Å². The van der Waals surface area contributed by atoms with Crippen LogP contribution in [0.3, 0.4) is 0 Å². The van der Waals surface area contributed by atoms with Crippen molar-refractivity contribution in [3.8, 4) is 0 Å². The molecule has 1 aliphatic rings. The van der Waals surface area contributed by atoms with Crippen molar-refractivity contribution >= 4 is 11.9 Å². The number of amides is 1. The van der Waals surface area contributed by atoms with E-state index in [-0.39, 0.29) is 17.9 Å². The highest BCUT2D eigenvalue weighted by Gasteiger charge is 2.42. The van der Waals surface area contributed by atoms with Crippen molar-refractivity contribution in [1.29, 1.82) is 0 Å². The molecule has 1 saturated heterocycles. The van der Waals surface area contributed by atoms with Gasteiger partial charge in [-0.15, -0.1) is 0 Å². The summed E-state index contributed by atoms with van der Waals surface area (Å²) in [6.45, 7) is 10.7. The van der Waals surface area contributed by atoms with Gasteiger partial charge in [0.1, 0.15) is 5.92 Å². The molecule has 20 heavy (non-hydrogen) atoms. The van der Waals surface area contributed by atoms with E-state index in [9.17, 15) is 9.59 Å². The molecule has 2 atom stereocenters. The van der Waals surface area contributed by atoms with Gasteiger partial charge in [0.2, 0.25) is 5.91 Å². The minimum atomic E-state index is -0.699. The maximum atomic E-state index is 12.9. The Morgan fingerprint density at radius 1 is 1.25 bits per heavy atom. The lowest BCUT2D eigenvalue weighted by atomic mass is 9.79. The van der Waals surface area contributed by atoms with Crippen LogP contribution >= 0.6 is 0 Å². The summed E-state index contributed by atoms with van der Waals surface area (Å²) in [4.78, 5) is 27.0. The van der Waals surface area contributed by atoms with Crippen molar-refractivity contribution in [3.63, 3.8) is 0 Å². The standard InChI is InChI=1S/C16H29NO3/c1-6-12-10-8-9-11-17(12)14(18)13(16(3,4)5)15(19)20-7-2/h12-13H,6-11H2,1-5H3. The average Bonchev–Trinajstić information content (AvgIpc) is 2.37. The fourth-order valence-corrected chi connectivity index (χ4v) is 2.93. The molecule has 0 aromatic heterocycles. The summed E-state index contributed by atoms with van der Waals surface area (Å²) in [5.41, 5.74) is -0.418. The first-order valence-electron chi connectivity index (χ1n) is 7.80. The van der Waals surface area contributed by atoms with Crippen molar-refractivity contribution in [3.05, 3.63) is 0 Å². The lowest BCUT2D eigenvalue weighted by molar-refractivity contribution is -0.162. The highest BCUT2D eigenvalue weighted by molar-refractivity contribution is 5.98. The predicted octanol–water partition coefficient (Wildman–Crippen LogP) is 3.00. The normalized spacial score (nSPS) is 21.4. The van der Waals surface area contributed by atoms with Crippen LogP contribution in [0.25, 0.3) is 0 Å². The first kappa shape index (κ1) is 17.0. The first-order chi connectivity index (χ1) is 9.32. The number of piperidine rings is 1. The van der Waals surface area contributed by atoms with E-state index >= 15 is 0 Å². The van der Waals surface area contributed by atoms with Crippen molar-refractivity contribution in [2.24, 2.45) is 11.3 Å². The molecule has 4 heteroatoms. The van der Waals surface area contributed by atoms with Gasteiger partial charge >= 0.3 is 5.97 Å². The summed E-state index contributed by atoms with van der Waals surface area (Å²) in [7, 11) is 0. The zero-order valence-corrected chi connectivity index (χ0v) is 13.6. The van der Waals surface area contributed by atoms with Crippen LogP contribution in [0.1, 0.15) is 60.3 Å². The van der Waals surface area contributed by atoms with E-state index in [1.54, 1.807) is 6.92 Å². The topological polar surface area (TPSA) is 46.6 Å². The Balaban J connectivity index is 2.94. The van der Waals surface area contributed by atoms with Gasteiger partial charge in [0, 0.05) is 12.6 Å². The van der Waals surface area contributed by atoms with Crippen molar-refractivity contribution in [2.45, 2.75) is 66.3 Å². The molecule has 1 amide bonds. The minimum Gasteiger partial charge on any atom is -0.465 e. The number of nitrogens with zero attached hydrogens (tertiary/aromatic N) is 1. The second-order valence-corrected chi connectivity index (χ2v) is 6.64. The Labute approximate surface area is 122 Å². The van der Waals surface area contributed by atoms with E-state index in [1.165, 1.54) is 6.42 Å². The van der Waals surface area contributed by atoms with Crippen LogP contribution in [0.4, 0.5) is 0 Å². The van der Waals surface area contributed by atoms with Gasteiger partial charge in [0.25, 0.3) is 0 Å². The Bertz CT molecular complexity index is 346. The van der Waals surface area contributed by atoms with Gasteiger partial charge in [0.05, 0.1) is 6.61 Å². The summed E-state index contributed by atoms with van der Waals surface area (Å²) in [6.07, 6.45) is 4.19. The quantitative estimate of drug-likeness (QED) is 0.588. The third kappa shape index (κ3) is 3.97. The molecule has 116 valence electrons. The molecular formula is C16H29NO3. The number of carbonyl (C=O) groups is 2. The van der Waals surface area contributed by atoms with Crippen LogP contribution in [-0.2, 0) is 14.3 Å². The van der Waals surface area contributed by atoms with Gasteiger partial charge in [0.15, 0.2) is 0 Å². The van der Waals surface area contributed by atoms with Crippen LogP contribution in [0, 0.1) is 11.3 Å². The molecule has 0 N–H and O–H groups in total. The molecule has 1 aliphatic heterocycles. The van der Waals surface area contributed by atoms with E-state index in [4.69, 9.17) is 4.74 Å². The summed E-state index contributed by atoms with van der Waals surface area (Å²) in [6, 6.07) is 0.274. The van der Waals surface area contributed by atoms with Gasteiger partial charge in [-0.25, -0.2) is 0 Å². The Kier molecular flexibility index (Phi) is 6.03. The van der Waals surface area contributed by atoms with Crippen LogP contribution < -0.4 is 0 Å². The maximum absolute atomic E-state index is 12.9. The Morgan fingerprint density at radius 2 is 1.90 bits per heavy atom. The predicted molar refractivity (Wildman–Crippen MR) is 79.2 cm³/mol. The molecular weight excluding hydrogens is 254 g/mol. The molecule has 4 nitrogen and oxygen atoms in total. The summed E-state index contributed by atoms with van der Waals surface area (Å²) in [5, 5.41) is 0. The van der Waals surface area contributed by atoms with Gasteiger partial charge in [-0.1, -0.05) is 27.7 Å². The molecule has 0 bridgehead atoms. The second-order valence-electron chi connectivity index (χ2n) is 6.64. The third-order valence-corrected chi connectivity index (χ3v) is 4.02. The van der Waals surface area contributed by atoms with Crippen LogP contribution in [-0.4, -0.2) is 36.0 Å². The fraction of sp³-hybridized carbons (Fsp3) is 0.875. The number of hydrogen-bond donors (Lipinski definition) is 0. The van der Waals surface area contributed by atoms with Crippen molar-refractivity contribution < 1.29 is 14.3 Å². The van der Waals surface area contributed by atoms with Crippen molar-refractivity contribution in [1.82, 2.24) is 4.90 Å². The zero-order valence-electron chi connectivity index (χ0n) is 13.6. The molecule has 2 unspecified atom stereocenters. The second kappa shape index (κ2) is 7.09. The SMILES string of the molecule is CCOC(=O)C(C(=O)N1CCCCC1CC)C(C)(C)C. The third-order valence-electron chi connectivity index (χ3n) is 4.02. The van der Waals surface area contributed by atoms with Gasteiger partial charge in [-0.3, -0.25) is 9.59 Å². The molecule has 0 spiro atoms. The largest absolute Gasteiger partial charge is 0.465 e. The highest BCUT2D eigenvalue weighted by atomic mass is 16.5. The summed E-state index contributed by atoms with van der Waals surface area (Å²) >= 11 is 0. The zero-order chi connectivity index (χ0) is 15.3. The first-order valence-corrected chi connectivity index (χ1v) is 7.80. The smallest absolute Gasteiger partial charge is 0.319 e. The lowest BCUT2D eigenvalue weighted by Gasteiger charge is -2.39. The number of esters is 1. The van der Waals surface area contributed by atoms with Crippen LogP contribution in [0.2, 0.25) is 0 Å². The molecule has 0 aromatic rings. The summed E-state index contributed by atoms with van der Waals surface area (Å²) in [5.74, 6) is -1.14. The minimum absolute atomic E-state index is 0.0532. The van der Waals surface area contributed by atoms with Gasteiger partial charge in [-0.05, 0) is 38.0 Å². The highest BCUT2D eigenvalue weighted by Crippen LogP contribution is 2.31. The van der Waals surface area contributed by atoms with Crippen molar-refractivity contribution in [2.75, 3.05) is 13.2 Å². The molecule has 1 heterocycles. The number of ether oxygens (including phenoxy) is 1. The number of hydrogen-bond acceptors (Lipinski definition) is 3. The monoisotopic (exact) mass is 283 g/mol. The lowest BCUT2D eigenvalue weighted by Crippen LogP contribution is -2.51. The molecule has 0 aromatic carbocycles. The van der Waals surface area contributed by atoms with E-state index in [2.05, 4.69) is 6.92 Å². The molecule has 0 saturated carbocycles. The number of likely N-dealkylation sites (tertiary alicyclic amines) is 1. The fourth-order valence-electron chi connectivity index (χ4n) is 2.93. The maximum Gasteiger partial charge on any atom is 0.319 e. The van der Waals surface area contributed by atoms with E-state index in [0.717, 1.165) is 25.8 Å². The molecule has 1 fully saturated rings. The molecule has 1 rings (SSSR count).